The Labute approximate surface area is 367 Å². The van der Waals surface area contributed by atoms with Crippen LogP contribution < -0.4 is 19.2 Å². The molecule has 1 fully saturated rings. The molecule has 0 spiro atoms. The molecule has 2 heterocycles. The van der Waals surface area contributed by atoms with Crippen LogP contribution >= 0.6 is 47.3 Å². The molecule has 1 aromatic heterocycles. The van der Waals surface area contributed by atoms with E-state index in [9.17, 15) is 21.6 Å². The second-order valence-electron chi connectivity index (χ2n) is 15.0. The summed E-state index contributed by atoms with van der Waals surface area (Å²) in [6, 6.07) is 29.1. The zero-order valence-electron chi connectivity index (χ0n) is 33.5. The maximum atomic E-state index is 15.6. The van der Waals surface area contributed by atoms with Crippen molar-refractivity contribution < 1.29 is 26.0 Å². The maximum absolute atomic E-state index is 15.6. The van der Waals surface area contributed by atoms with Gasteiger partial charge in [-0.05, 0) is 142 Å². The number of alkyl halides is 3. The van der Waals surface area contributed by atoms with Crippen molar-refractivity contribution in [2.75, 3.05) is 47.0 Å². The molecule has 2 aliphatic rings. The molecule has 2 unspecified atom stereocenters. The summed E-state index contributed by atoms with van der Waals surface area (Å²) in [6.07, 6.45) is 3.98. The first kappa shape index (κ1) is 44.3. The smallest absolute Gasteiger partial charge is 0.368 e. The first-order chi connectivity index (χ1) is 28.6. The Morgan fingerprint density at radius 3 is 2.10 bits per heavy atom. The first-order valence-electron chi connectivity index (χ1n) is 19.5. The topological polar surface area (TPSA) is 69.6 Å². The van der Waals surface area contributed by atoms with Gasteiger partial charge < -0.3 is 19.1 Å². The quantitative estimate of drug-likeness (QED) is 0.0683. The Balaban J connectivity index is 1.02. The Morgan fingerprint density at radius 1 is 0.833 bits per heavy atom. The highest BCUT2D eigenvalue weighted by molar-refractivity contribution is 8.01. The third-order valence-corrected chi connectivity index (χ3v) is 15.5. The minimum Gasteiger partial charge on any atom is -0.368 e. The lowest BCUT2D eigenvalue weighted by Crippen LogP contribution is -2.46. The SMILES string of the molecule is CSc1c(-c2cc(F)cc(N3CCN(c4ccc(NSC5C=C(S(=O)(=O)C(F)(F)F)C(NSc6ccccc6)CC5)cc4)CC3)c2)c(-c2ccc(Cl)cc2)n(C(C)C)c1C. The highest BCUT2D eigenvalue weighted by Crippen LogP contribution is 2.46. The second-order valence-corrected chi connectivity index (χ2v) is 20.1. The number of rotatable bonds is 13. The van der Waals surface area contributed by atoms with E-state index in [1.165, 1.54) is 18.0 Å². The summed E-state index contributed by atoms with van der Waals surface area (Å²) in [5.41, 5.74) is 2.19. The molecular weight excluding hydrogens is 870 g/mol. The van der Waals surface area contributed by atoms with Gasteiger partial charge in [-0.15, -0.1) is 11.8 Å². The van der Waals surface area contributed by atoms with Gasteiger partial charge in [-0.2, -0.15) is 13.2 Å². The molecular formula is C44H46ClF4N5O2S4. The van der Waals surface area contributed by atoms with Crippen LogP contribution in [0.2, 0.25) is 5.02 Å². The fourth-order valence-electron chi connectivity index (χ4n) is 7.85. The molecule has 1 aliphatic heterocycles. The number of hydrogen-bond acceptors (Lipinski definition) is 9. The van der Waals surface area contributed by atoms with Crippen molar-refractivity contribution >= 4 is 74.2 Å². The van der Waals surface area contributed by atoms with Gasteiger partial charge in [0.25, 0.3) is 9.84 Å². The van der Waals surface area contributed by atoms with E-state index in [-0.39, 0.29) is 18.3 Å². The van der Waals surface area contributed by atoms with Crippen molar-refractivity contribution in [2.24, 2.45) is 0 Å². The van der Waals surface area contributed by atoms with Gasteiger partial charge in [-0.3, -0.25) is 4.72 Å². The summed E-state index contributed by atoms with van der Waals surface area (Å²) in [5.74, 6) is -0.296. The van der Waals surface area contributed by atoms with E-state index in [1.807, 2.05) is 54.6 Å². The van der Waals surface area contributed by atoms with Gasteiger partial charge in [-0.25, -0.2) is 12.8 Å². The summed E-state index contributed by atoms with van der Waals surface area (Å²) in [6.45, 7) is 9.22. The largest absolute Gasteiger partial charge is 0.501 e. The van der Waals surface area contributed by atoms with Gasteiger partial charge in [0.15, 0.2) is 0 Å². The van der Waals surface area contributed by atoms with Crippen LogP contribution in [0.15, 0.2) is 118 Å². The van der Waals surface area contributed by atoms with Gasteiger partial charge in [-0.1, -0.05) is 48.0 Å². The van der Waals surface area contributed by atoms with Crippen LogP contribution in [0.4, 0.5) is 34.6 Å². The highest BCUT2D eigenvalue weighted by Gasteiger charge is 2.51. The Bertz CT molecular complexity index is 2420. The Hall–Kier alpha value is -3.73. The molecule has 1 saturated heterocycles. The predicted molar refractivity (Wildman–Crippen MR) is 245 cm³/mol. The number of thioether (sulfide) groups is 1. The van der Waals surface area contributed by atoms with E-state index >= 15 is 4.39 Å². The van der Waals surface area contributed by atoms with Crippen molar-refractivity contribution in [2.45, 2.75) is 66.2 Å². The fourth-order valence-corrected chi connectivity index (χ4v) is 11.8. The minimum absolute atomic E-state index is 0.177. The molecule has 4 aromatic carbocycles. The number of nitrogens with one attached hydrogen (secondary N) is 2. The molecule has 318 valence electrons. The van der Waals surface area contributed by atoms with Crippen LogP contribution in [-0.2, 0) is 9.84 Å². The van der Waals surface area contributed by atoms with Crippen LogP contribution in [-0.4, -0.2) is 62.2 Å². The Kier molecular flexibility index (Phi) is 13.8. The van der Waals surface area contributed by atoms with Gasteiger partial charge in [0, 0.05) is 80.6 Å². The van der Waals surface area contributed by atoms with E-state index in [0.717, 1.165) is 66.9 Å². The van der Waals surface area contributed by atoms with Crippen LogP contribution in [0, 0.1) is 12.7 Å². The number of sulfone groups is 1. The summed E-state index contributed by atoms with van der Waals surface area (Å²) in [5, 5.41) is 0.158. The van der Waals surface area contributed by atoms with E-state index in [1.54, 1.807) is 48.2 Å². The average molecular weight is 917 g/mol. The molecule has 0 saturated carbocycles. The van der Waals surface area contributed by atoms with Crippen LogP contribution in [0.3, 0.4) is 0 Å². The lowest BCUT2D eigenvalue weighted by atomic mass is 9.99. The number of halogens is 5. The third kappa shape index (κ3) is 9.66. The van der Waals surface area contributed by atoms with Gasteiger partial charge in [0.05, 0.1) is 16.6 Å². The summed E-state index contributed by atoms with van der Waals surface area (Å²) in [7, 11) is -5.53. The molecule has 16 heteroatoms. The summed E-state index contributed by atoms with van der Waals surface area (Å²) < 4.78 is 90.6. The van der Waals surface area contributed by atoms with Crippen molar-refractivity contribution in [3.8, 4) is 22.4 Å². The fraction of sp³-hybridized carbons (Fsp3) is 0.318. The van der Waals surface area contributed by atoms with Gasteiger partial charge >= 0.3 is 5.51 Å². The molecule has 0 bridgehead atoms. The number of benzene rings is 4. The minimum atomic E-state index is -5.53. The number of nitrogens with zero attached hydrogens (tertiary/aromatic N) is 3. The molecule has 2 N–H and O–H groups in total. The molecule has 0 radical (unpaired) electrons. The lowest BCUT2D eigenvalue weighted by Gasteiger charge is -2.37. The molecule has 7 rings (SSSR count). The predicted octanol–water partition coefficient (Wildman–Crippen LogP) is 12.3. The van der Waals surface area contributed by atoms with Crippen molar-refractivity contribution in [3.63, 3.8) is 0 Å². The summed E-state index contributed by atoms with van der Waals surface area (Å²) >= 11 is 10.2. The summed E-state index contributed by atoms with van der Waals surface area (Å²) in [4.78, 5) is 5.71. The Morgan fingerprint density at radius 2 is 1.48 bits per heavy atom. The van der Waals surface area contributed by atoms with Gasteiger partial charge in [0.1, 0.15) is 5.82 Å². The van der Waals surface area contributed by atoms with Crippen LogP contribution in [0.1, 0.15) is 38.4 Å². The normalized spacial score (nSPS) is 17.6. The number of aromatic nitrogens is 1. The van der Waals surface area contributed by atoms with E-state index < -0.39 is 31.5 Å². The molecule has 5 aromatic rings. The lowest BCUT2D eigenvalue weighted by molar-refractivity contribution is -0.0428. The molecule has 0 amide bonds. The molecule has 1 aliphatic carbocycles. The maximum Gasteiger partial charge on any atom is 0.501 e. The average Bonchev–Trinajstić information content (AvgIpc) is 3.54. The zero-order chi connectivity index (χ0) is 42.8. The van der Waals surface area contributed by atoms with Crippen LogP contribution in [0.5, 0.6) is 0 Å². The number of piperazine rings is 1. The molecule has 7 nitrogen and oxygen atoms in total. The molecule has 60 heavy (non-hydrogen) atoms. The number of hydrogen-bond donors (Lipinski definition) is 2. The van der Waals surface area contributed by atoms with Crippen LogP contribution in [0.25, 0.3) is 22.4 Å². The second kappa shape index (κ2) is 18.7. The first-order valence-corrected chi connectivity index (χ1v) is 24.3. The third-order valence-electron chi connectivity index (χ3n) is 10.7. The van der Waals surface area contributed by atoms with Crippen molar-refractivity contribution in [1.82, 2.24) is 9.29 Å². The highest BCUT2D eigenvalue weighted by atomic mass is 35.5. The number of anilines is 3. The van der Waals surface area contributed by atoms with E-state index in [4.69, 9.17) is 11.6 Å². The standard InChI is InChI=1S/C44H46ClF4N5O2S4/c1-28(2)54-29(3)43(57-4)41(42(54)30-10-12-32(45)13-11-30)31-24-33(46)26-36(25-31)53-22-20-52(21-23-53)35-16-14-34(15-17-35)50-59-38-18-19-39(51-58-37-8-6-5-7-9-37)40(27-38)60(55,56)44(47,48)49/h5-17,24-28,38-39,50-51H,18-23H2,1-4H3. The van der Waals surface area contributed by atoms with Crippen molar-refractivity contribution in [1.29, 1.82) is 0 Å². The van der Waals surface area contributed by atoms with Gasteiger partial charge in [0.2, 0.25) is 0 Å². The van der Waals surface area contributed by atoms with E-state index in [0.29, 0.717) is 37.6 Å². The molecule has 2 atom stereocenters. The zero-order valence-corrected chi connectivity index (χ0v) is 37.5. The van der Waals surface area contributed by atoms with Crippen molar-refractivity contribution in [3.05, 3.63) is 125 Å². The monoisotopic (exact) mass is 915 g/mol. The van der Waals surface area contributed by atoms with E-state index in [2.05, 4.69) is 56.9 Å².